The third-order valence-corrected chi connectivity index (χ3v) is 8.97. The molecule has 0 saturated carbocycles. The van der Waals surface area contributed by atoms with Gasteiger partial charge >= 0.3 is 0 Å². The molecule has 3 aromatic rings. The van der Waals surface area contributed by atoms with Crippen molar-refractivity contribution in [2.45, 2.75) is 22.9 Å². The van der Waals surface area contributed by atoms with Gasteiger partial charge in [-0.1, -0.05) is 54.6 Å². The summed E-state index contributed by atoms with van der Waals surface area (Å²) in [6.07, 6.45) is 6.44. The molecule has 0 bridgehead atoms. The lowest BCUT2D eigenvalue weighted by Gasteiger charge is -2.13. The van der Waals surface area contributed by atoms with E-state index >= 15 is 0 Å². The first-order chi connectivity index (χ1) is 24.2. The topological polar surface area (TPSA) is 278 Å². The lowest BCUT2D eigenvalue weighted by atomic mass is 10.1. The summed E-state index contributed by atoms with van der Waals surface area (Å²) in [4.78, 5) is 51.4. The fraction of sp³-hybridized carbons (Fsp3) is 0.194. The first-order valence-corrected chi connectivity index (χ1v) is 17.7. The Morgan fingerprint density at radius 1 is 0.784 bits per heavy atom. The number of aromatic nitrogens is 2. The van der Waals surface area contributed by atoms with Gasteiger partial charge < -0.3 is 20.8 Å². The number of carbonyl (C=O) groups excluding carboxylic acids is 3. The van der Waals surface area contributed by atoms with Crippen molar-refractivity contribution in [1.29, 1.82) is 0 Å². The summed E-state index contributed by atoms with van der Waals surface area (Å²) in [6.45, 7) is -1.91. The van der Waals surface area contributed by atoms with E-state index in [0.717, 1.165) is 21.8 Å². The van der Waals surface area contributed by atoms with E-state index in [-0.39, 0.29) is 53.3 Å². The number of hydrogen-bond acceptors (Lipinski definition) is 11. The molecule has 3 amide bonds. The molecule has 0 radical (unpaired) electrons. The zero-order valence-electron chi connectivity index (χ0n) is 26.5. The highest BCUT2D eigenvalue weighted by molar-refractivity contribution is 7.86. The zero-order chi connectivity index (χ0) is 37.3. The second-order valence-electron chi connectivity index (χ2n) is 10.6. The number of aliphatic hydroxyl groups is 2. The standard InChI is InChI=1S/C31H32N6O12S2/c38-16-14-32-28(40)26-22(30(42)36(34-26)18-20-8-4-6-12-24(20)50(44,45)46)10-2-1-3-11-23-27(29(41)33-15-17-39)35-37(31(23)43)19-21-9-5-7-13-25(21)51(47,48)49/h1-13,34,38-39H,14-19H2,(H,32,40)(H,33,41)(H,44,45,46)(H,47,48,49)/b3-1?,10-2?,23-11-. The molecule has 0 aliphatic carbocycles. The Labute approximate surface area is 290 Å². The molecule has 0 atom stereocenters. The smallest absolute Gasteiger partial charge is 0.294 e. The number of carbonyl (C=O) groups is 3. The summed E-state index contributed by atoms with van der Waals surface area (Å²) >= 11 is 0. The maximum atomic E-state index is 13.3. The third kappa shape index (κ3) is 9.39. The lowest BCUT2D eigenvalue weighted by molar-refractivity contribution is -0.126. The van der Waals surface area contributed by atoms with E-state index in [1.165, 1.54) is 66.8 Å². The van der Waals surface area contributed by atoms with Gasteiger partial charge in [-0.3, -0.25) is 33.4 Å². The highest BCUT2D eigenvalue weighted by atomic mass is 32.2. The summed E-state index contributed by atoms with van der Waals surface area (Å²) in [7, 11) is -9.30. The fourth-order valence-electron chi connectivity index (χ4n) is 4.81. The monoisotopic (exact) mass is 744 g/mol. The predicted molar refractivity (Wildman–Crippen MR) is 180 cm³/mol. The lowest BCUT2D eigenvalue weighted by Crippen LogP contribution is -2.33. The van der Waals surface area contributed by atoms with Gasteiger partial charge in [0.05, 0.1) is 47.2 Å². The summed E-state index contributed by atoms with van der Waals surface area (Å²) < 4.78 is 67.5. The largest absolute Gasteiger partial charge is 0.395 e. The van der Waals surface area contributed by atoms with E-state index in [9.17, 15) is 45.1 Å². The Morgan fingerprint density at radius 3 is 1.90 bits per heavy atom. The van der Waals surface area contributed by atoms with E-state index in [1.807, 2.05) is 0 Å². The Kier molecular flexibility index (Phi) is 12.4. The molecule has 51 heavy (non-hydrogen) atoms. The molecule has 7 N–H and O–H groups in total. The number of aliphatic hydroxyl groups excluding tert-OH is 2. The minimum absolute atomic E-state index is 0.0180. The molecule has 4 rings (SSSR count). The zero-order valence-corrected chi connectivity index (χ0v) is 28.1. The normalized spacial score (nSPS) is 14.5. The van der Waals surface area contributed by atoms with Crippen molar-refractivity contribution in [2.24, 2.45) is 5.10 Å². The number of aromatic amines is 1. The summed E-state index contributed by atoms with van der Waals surface area (Å²) in [5, 5.41) is 30.5. The molecule has 1 aliphatic rings. The molecule has 1 aliphatic heterocycles. The molecule has 0 saturated heterocycles. The number of H-pyrrole nitrogens is 1. The van der Waals surface area contributed by atoms with Gasteiger partial charge in [0, 0.05) is 13.1 Å². The summed E-state index contributed by atoms with van der Waals surface area (Å²) in [6, 6.07) is 10.7. The summed E-state index contributed by atoms with van der Waals surface area (Å²) in [5.41, 5.74) is -1.66. The SMILES string of the molecule is O=C(NCCO)C1=NN(Cc2ccccc2S(=O)(=O)O)C(=O)/C1=C\C=CC=Cc1c(C(=O)NCCO)[nH]n(Cc2ccccc2S(=O)(=O)O)c1=O. The second kappa shape index (κ2) is 16.5. The van der Waals surface area contributed by atoms with Gasteiger partial charge in [0.15, 0.2) is 5.71 Å². The van der Waals surface area contributed by atoms with Crippen LogP contribution in [0.1, 0.15) is 27.2 Å². The van der Waals surface area contributed by atoms with Crippen molar-refractivity contribution in [1.82, 2.24) is 25.4 Å². The van der Waals surface area contributed by atoms with Crippen LogP contribution in [0.2, 0.25) is 0 Å². The number of benzene rings is 2. The van der Waals surface area contributed by atoms with Gasteiger partial charge in [-0.2, -0.15) is 21.9 Å². The van der Waals surface area contributed by atoms with Gasteiger partial charge in [-0.15, -0.1) is 0 Å². The minimum atomic E-state index is -4.65. The molecule has 270 valence electrons. The van der Waals surface area contributed by atoms with Crippen LogP contribution in [0.3, 0.4) is 0 Å². The molecule has 18 nitrogen and oxygen atoms in total. The van der Waals surface area contributed by atoms with Crippen molar-refractivity contribution >= 4 is 49.7 Å². The summed E-state index contributed by atoms with van der Waals surface area (Å²) in [5.74, 6) is -2.39. The quantitative estimate of drug-likeness (QED) is 0.0586. The Hall–Kier alpha value is -5.51. The molecule has 20 heteroatoms. The molecule has 2 aromatic carbocycles. The van der Waals surface area contributed by atoms with Crippen LogP contribution in [-0.2, 0) is 42.9 Å². The number of hydrogen-bond donors (Lipinski definition) is 7. The maximum Gasteiger partial charge on any atom is 0.294 e. The van der Waals surface area contributed by atoms with Crippen LogP contribution < -0.4 is 16.2 Å². The second-order valence-corrected chi connectivity index (χ2v) is 13.3. The van der Waals surface area contributed by atoms with Crippen molar-refractivity contribution in [3.63, 3.8) is 0 Å². The van der Waals surface area contributed by atoms with E-state index in [1.54, 1.807) is 0 Å². The molecular formula is C31H32N6O12S2. The van der Waals surface area contributed by atoms with E-state index in [4.69, 9.17) is 10.2 Å². The van der Waals surface area contributed by atoms with Crippen molar-refractivity contribution in [3.05, 3.63) is 111 Å². The van der Waals surface area contributed by atoms with E-state index in [0.29, 0.717) is 0 Å². The number of rotatable bonds is 15. The van der Waals surface area contributed by atoms with Crippen LogP contribution in [0, 0.1) is 0 Å². The average Bonchev–Trinajstić information content (AvgIpc) is 3.56. The molecule has 0 spiro atoms. The van der Waals surface area contributed by atoms with Crippen LogP contribution in [0.5, 0.6) is 0 Å². The third-order valence-electron chi connectivity index (χ3n) is 7.07. The maximum absolute atomic E-state index is 13.3. The molecule has 2 heterocycles. The first-order valence-electron chi connectivity index (χ1n) is 14.8. The van der Waals surface area contributed by atoms with Crippen molar-refractivity contribution < 1.29 is 50.5 Å². The van der Waals surface area contributed by atoms with Gasteiger partial charge in [0.2, 0.25) is 0 Å². The number of hydrazone groups is 1. The van der Waals surface area contributed by atoms with Crippen LogP contribution >= 0.6 is 0 Å². The number of nitrogens with one attached hydrogen (secondary N) is 3. The van der Waals surface area contributed by atoms with Gasteiger partial charge in [0.1, 0.15) is 5.69 Å². The Balaban J connectivity index is 1.65. The van der Waals surface area contributed by atoms with Crippen LogP contribution in [0.4, 0.5) is 0 Å². The molecule has 1 aromatic heterocycles. The van der Waals surface area contributed by atoms with Gasteiger partial charge in [0.25, 0.3) is 43.5 Å². The van der Waals surface area contributed by atoms with Crippen molar-refractivity contribution in [2.75, 3.05) is 26.3 Å². The van der Waals surface area contributed by atoms with E-state index in [2.05, 4.69) is 20.8 Å². The minimum Gasteiger partial charge on any atom is -0.395 e. The van der Waals surface area contributed by atoms with E-state index < -0.39 is 73.1 Å². The van der Waals surface area contributed by atoms with Crippen molar-refractivity contribution in [3.8, 4) is 0 Å². The average molecular weight is 745 g/mol. The van der Waals surface area contributed by atoms with Crippen LogP contribution in [0.15, 0.2) is 98.1 Å². The predicted octanol–water partition coefficient (Wildman–Crippen LogP) is -0.557. The van der Waals surface area contributed by atoms with Gasteiger partial charge in [-0.05, 0) is 35.4 Å². The van der Waals surface area contributed by atoms with Gasteiger partial charge in [-0.25, -0.2) is 9.69 Å². The number of nitrogens with zero attached hydrogens (tertiary/aromatic N) is 3. The number of allylic oxidation sites excluding steroid dienone is 4. The Morgan fingerprint density at radius 2 is 1.33 bits per heavy atom. The fourth-order valence-corrected chi connectivity index (χ4v) is 6.23. The van der Waals surface area contributed by atoms with Crippen LogP contribution in [-0.4, -0.2) is 101 Å². The molecule has 0 unspecified atom stereocenters. The highest BCUT2D eigenvalue weighted by Gasteiger charge is 2.34. The molecular weight excluding hydrogens is 713 g/mol. The Bertz CT molecular complexity index is 2240. The first kappa shape index (κ1) is 38.3. The van der Waals surface area contributed by atoms with Crippen LogP contribution in [0.25, 0.3) is 6.08 Å². The molecule has 0 fully saturated rings. The number of amides is 3. The highest BCUT2D eigenvalue weighted by Crippen LogP contribution is 2.23.